The zero-order chi connectivity index (χ0) is 42.9. The molecule has 9 rings (SSSR count). The van der Waals surface area contributed by atoms with Crippen molar-refractivity contribution in [1.29, 1.82) is 0 Å². The Balaban J connectivity index is 0.883. The fraction of sp³-hybridized carbons (Fsp3) is 0.533. The summed E-state index contributed by atoms with van der Waals surface area (Å²) in [5, 5.41) is 7.48. The first kappa shape index (κ1) is 40.9. The van der Waals surface area contributed by atoms with Gasteiger partial charge in [-0.05, 0) is 91.3 Å². The molecular formula is C45H52F2N8O6. The Morgan fingerprint density at radius 2 is 1.54 bits per heavy atom. The van der Waals surface area contributed by atoms with Crippen LogP contribution in [-0.4, -0.2) is 104 Å². The maximum absolute atomic E-state index is 14.6. The molecule has 0 radical (unpaired) electrons. The SMILES string of the molecule is CC(=O)N1CCc2c(c(N3CCCc4cc(CCC(C)C)c(C(F)F)cc43)nn2C2CCN(C(=O)CN3Cc4cc5c(cc4C3)C(=O)N(C3CCC(=O)NC3=O)C5=O)CC2)C1. The topological polar surface area (TPSA) is 148 Å². The van der Waals surface area contributed by atoms with Gasteiger partial charge in [0, 0.05) is 81.5 Å². The van der Waals surface area contributed by atoms with Crippen LogP contribution >= 0.6 is 0 Å². The van der Waals surface area contributed by atoms with E-state index < -0.39 is 36.1 Å². The fourth-order valence-electron chi connectivity index (χ4n) is 10.2. The minimum absolute atomic E-state index is 0.0113. The number of piperidine rings is 2. The van der Waals surface area contributed by atoms with Crippen LogP contribution in [0.5, 0.6) is 0 Å². The predicted octanol–water partition coefficient (Wildman–Crippen LogP) is 4.98. The highest BCUT2D eigenvalue weighted by atomic mass is 19.3. The normalized spacial score (nSPS) is 20.7. The van der Waals surface area contributed by atoms with Gasteiger partial charge >= 0.3 is 0 Å². The van der Waals surface area contributed by atoms with Crippen LogP contribution in [0, 0.1) is 5.92 Å². The maximum atomic E-state index is 14.6. The molecule has 3 aromatic rings. The van der Waals surface area contributed by atoms with Gasteiger partial charge in [0.15, 0.2) is 5.82 Å². The van der Waals surface area contributed by atoms with Crippen molar-refractivity contribution in [2.45, 2.75) is 117 Å². The molecule has 61 heavy (non-hydrogen) atoms. The van der Waals surface area contributed by atoms with Crippen molar-refractivity contribution >= 4 is 46.9 Å². The Morgan fingerprint density at radius 3 is 2.18 bits per heavy atom. The highest BCUT2D eigenvalue weighted by Crippen LogP contribution is 2.42. The van der Waals surface area contributed by atoms with Crippen molar-refractivity contribution in [2.24, 2.45) is 5.92 Å². The van der Waals surface area contributed by atoms with Gasteiger partial charge in [0.05, 0.1) is 30.3 Å². The molecule has 0 spiro atoms. The summed E-state index contributed by atoms with van der Waals surface area (Å²) in [6.45, 7) is 9.48. The molecule has 0 aliphatic carbocycles. The first-order valence-corrected chi connectivity index (χ1v) is 21.7. The molecule has 0 bridgehead atoms. The van der Waals surface area contributed by atoms with E-state index in [1.807, 2.05) is 20.8 Å². The van der Waals surface area contributed by atoms with E-state index in [0.717, 1.165) is 63.6 Å². The minimum atomic E-state index is -2.60. The highest BCUT2D eigenvalue weighted by molar-refractivity contribution is 6.23. The zero-order valence-electron chi connectivity index (χ0n) is 35.0. The summed E-state index contributed by atoms with van der Waals surface area (Å²) in [6, 6.07) is 6.05. The Kier molecular flexibility index (Phi) is 10.8. The standard InChI is InChI=1S/C45H52F2N8O6/c1-25(2)6-7-27-17-28-5-4-13-53(38(28)20-32(27)41(46)47)42-35-23-52(26(3)56)16-12-36(35)55(49-42)31-10-14-51(15-11-31)40(58)24-50-21-29-18-33-34(19-30(29)22-50)45(61)54(44(33)60)37-8-9-39(57)48-43(37)59/h17-20,25,31,37,41H,4-16,21-24H2,1-3H3,(H,48,57,59). The molecule has 2 fully saturated rings. The largest absolute Gasteiger partial charge is 0.341 e. The summed E-state index contributed by atoms with van der Waals surface area (Å²) in [5.74, 6) is -1.08. The summed E-state index contributed by atoms with van der Waals surface area (Å²) in [4.78, 5) is 86.0. The number of aromatic nitrogens is 2. The van der Waals surface area contributed by atoms with E-state index in [2.05, 4.69) is 28.7 Å². The van der Waals surface area contributed by atoms with Crippen molar-refractivity contribution in [1.82, 2.24) is 34.7 Å². The van der Waals surface area contributed by atoms with E-state index >= 15 is 0 Å². The zero-order valence-corrected chi connectivity index (χ0v) is 35.0. The molecule has 7 heterocycles. The molecule has 0 saturated carbocycles. The number of nitrogens with one attached hydrogen (secondary N) is 1. The summed E-state index contributed by atoms with van der Waals surface area (Å²) in [5.41, 5.74) is 6.80. The van der Waals surface area contributed by atoms with E-state index in [1.165, 1.54) is 0 Å². The van der Waals surface area contributed by atoms with Crippen molar-refractivity contribution in [3.05, 3.63) is 74.5 Å². The fourth-order valence-corrected chi connectivity index (χ4v) is 10.2. The number of hydrogen-bond donors (Lipinski definition) is 1. The number of benzene rings is 2. The summed E-state index contributed by atoms with van der Waals surface area (Å²) >= 11 is 0. The number of aryl methyl sites for hydroxylation is 2. The number of fused-ring (bicyclic) bond motifs is 4. The van der Waals surface area contributed by atoms with Crippen molar-refractivity contribution in [3.63, 3.8) is 0 Å². The molecule has 1 N–H and O–H groups in total. The summed E-state index contributed by atoms with van der Waals surface area (Å²) < 4.78 is 31.3. The van der Waals surface area contributed by atoms with Gasteiger partial charge in [0.1, 0.15) is 6.04 Å². The van der Waals surface area contributed by atoms with Crippen LogP contribution in [0.15, 0.2) is 24.3 Å². The molecule has 1 unspecified atom stereocenters. The lowest BCUT2D eigenvalue weighted by Gasteiger charge is -2.34. The predicted molar refractivity (Wildman–Crippen MR) is 219 cm³/mol. The van der Waals surface area contributed by atoms with Gasteiger partial charge in [-0.2, -0.15) is 5.10 Å². The molecule has 6 amide bonds. The van der Waals surface area contributed by atoms with Crippen LogP contribution in [0.2, 0.25) is 0 Å². The second kappa shape index (κ2) is 16.1. The second-order valence-electron chi connectivity index (χ2n) is 17.9. The molecule has 14 nitrogen and oxygen atoms in total. The van der Waals surface area contributed by atoms with E-state index in [4.69, 9.17) is 5.10 Å². The monoisotopic (exact) mass is 838 g/mol. The molecule has 2 aromatic carbocycles. The molecule has 2 saturated heterocycles. The lowest BCUT2D eigenvalue weighted by atomic mass is 9.91. The molecular weight excluding hydrogens is 787 g/mol. The molecule has 1 atom stereocenters. The quantitative estimate of drug-likeness (QED) is 0.295. The number of rotatable bonds is 9. The van der Waals surface area contributed by atoms with Crippen LogP contribution in [-0.2, 0) is 58.1 Å². The Hall–Kier alpha value is -5.51. The smallest absolute Gasteiger partial charge is 0.264 e. The molecule has 6 aliphatic heterocycles. The summed E-state index contributed by atoms with van der Waals surface area (Å²) in [7, 11) is 0. The number of nitrogens with zero attached hydrogens (tertiary/aromatic N) is 7. The maximum Gasteiger partial charge on any atom is 0.264 e. The number of carbonyl (C=O) groups excluding carboxylic acids is 6. The Morgan fingerprint density at radius 1 is 0.836 bits per heavy atom. The van der Waals surface area contributed by atoms with Gasteiger partial charge in [0.2, 0.25) is 23.6 Å². The van der Waals surface area contributed by atoms with Crippen molar-refractivity contribution in [2.75, 3.05) is 37.6 Å². The number of likely N-dealkylation sites (tertiary alicyclic amines) is 1. The van der Waals surface area contributed by atoms with Crippen LogP contribution < -0.4 is 10.2 Å². The number of carbonyl (C=O) groups is 6. The molecule has 1 aromatic heterocycles. The van der Waals surface area contributed by atoms with Crippen LogP contribution in [0.3, 0.4) is 0 Å². The van der Waals surface area contributed by atoms with Gasteiger partial charge in [-0.3, -0.25) is 48.6 Å². The molecule has 322 valence electrons. The van der Waals surface area contributed by atoms with Crippen molar-refractivity contribution < 1.29 is 37.5 Å². The lowest BCUT2D eigenvalue weighted by molar-refractivity contribution is -0.136. The highest BCUT2D eigenvalue weighted by Gasteiger charge is 2.45. The molecule has 16 heteroatoms. The third-order valence-electron chi connectivity index (χ3n) is 13.5. The average Bonchev–Trinajstić information content (AvgIpc) is 3.89. The van der Waals surface area contributed by atoms with Gasteiger partial charge < -0.3 is 14.7 Å². The number of anilines is 2. The van der Waals surface area contributed by atoms with Crippen LogP contribution in [0.1, 0.15) is 132 Å². The van der Waals surface area contributed by atoms with E-state index in [1.54, 1.807) is 25.1 Å². The van der Waals surface area contributed by atoms with Gasteiger partial charge in [-0.15, -0.1) is 0 Å². The number of imide groups is 2. The summed E-state index contributed by atoms with van der Waals surface area (Å²) in [6.07, 6.45) is 2.64. The number of amides is 6. The lowest BCUT2D eigenvalue weighted by Crippen LogP contribution is -2.54. The Bertz CT molecular complexity index is 2310. The minimum Gasteiger partial charge on any atom is -0.341 e. The number of alkyl halides is 2. The third kappa shape index (κ3) is 7.50. The van der Waals surface area contributed by atoms with Gasteiger partial charge in [0.25, 0.3) is 18.2 Å². The first-order valence-electron chi connectivity index (χ1n) is 21.7. The number of hydrogen-bond acceptors (Lipinski definition) is 9. The number of halogens is 2. The Labute approximate surface area is 353 Å². The first-order chi connectivity index (χ1) is 29.2. The van der Waals surface area contributed by atoms with E-state index in [-0.39, 0.29) is 53.9 Å². The molecule has 6 aliphatic rings. The van der Waals surface area contributed by atoms with Gasteiger partial charge in [-0.1, -0.05) is 19.9 Å². The van der Waals surface area contributed by atoms with Gasteiger partial charge in [-0.25, -0.2) is 8.78 Å². The average molecular weight is 839 g/mol. The van der Waals surface area contributed by atoms with Crippen LogP contribution in [0.4, 0.5) is 20.3 Å². The van der Waals surface area contributed by atoms with Crippen LogP contribution in [0.25, 0.3) is 0 Å². The van der Waals surface area contributed by atoms with E-state index in [0.29, 0.717) is 83.0 Å². The second-order valence-corrected chi connectivity index (χ2v) is 17.9. The van der Waals surface area contributed by atoms with Crippen molar-refractivity contribution in [3.8, 4) is 0 Å². The van der Waals surface area contributed by atoms with E-state index in [9.17, 15) is 37.5 Å². The third-order valence-corrected chi connectivity index (χ3v) is 13.5.